The zero-order valence-corrected chi connectivity index (χ0v) is 14.8. The van der Waals surface area contributed by atoms with Crippen molar-refractivity contribution in [2.45, 2.75) is 23.3 Å². The second-order valence-corrected chi connectivity index (χ2v) is 8.31. The van der Waals surface area contributed by atoms with Crippen LogP contribution in [0, 0.1) is 35.0 Å². The number of hydrogen-bond donors (Lipinski definition) is 2. The van der Waals surface area contributed by atoms with Crippen LogP contribution in [0.3, 0.4) is 0 Å². The zero-order valence-electron chi connectivity index (χ0n) is 14.0. The minimum atomic E-state index is -3.97. The van der Waals surface area contributed by atoms with E-state index in [1.54, 1.807) is 12.2 Å². The molecule has 0 aromatic heterocycles. The minimum Gasteiger partial charge on any atom is -0.377 e. The van der Waals surface area contributed by atoms with Crippen LogP contribution < -0.4 is 10.5 Å². The van der Waals surface area contributed by atoms with Gasteiger partial charge in [-0.2, -0.15) is 0 Å². The second kappa shape index (κ2) is 6.28. The second-order valence-electron chi connectivity index (χ2n) is 6.75. The molecule has 1 heterocycles. The monoisotopic (exact) mass is 416 g/mol. The molecule has 28 heavy (non-hydrogen) atoms. The van der Waals surface area contributed by atoms with Gasteiger partial charge in [-0.05, 0) is 36.1 Å². The molecule has 0 radical (unpaired) electrons. The van der Waals surface area contributed by atoms with Gasteiger partial charge in [0.05, 0.1) is 16.5 Å². The standard InChI is InChI=1S/C18H13F5N2O2S/c19-13-12(14(20)16(22)17(23)15(13)21)18-9-3-1-2-8(9)10-6-7(28(24,26)27)4-5-11(10)25-18/h1-2,4-6,8-9,18,25H,3H2,(H2,24,26,27)/t8-,9+,18-/m0/s1. The van der Waals surface area contributed by atoms with Gasteiger partial charge in [0.15, 0.2) is 23.3 Å². The highest BCUT2D eigenvalue weighted by Crippen LogP contribution is 2.51. The van der Waals surface area contributed by atoms with Crippen molar-refractivity contribution >= 4 is 15.7 Å². The van der Waals surface area contributed by atoms with E-state index in [1.165, 1.54) is 18.2 Å². The van der Waals surface area contributed by atoms with E-state index in [0.717, 1.165) is 0 Å². The molecular weight excluding hydrogens is 403 g/mol. The highest BCUT2D eigenvalue weighted by atomic mass is 32.2. The topological polar surface area (TPSA) is 72.2 Å². The number of fused-ring (bicyclic) bond motifs is 3. The predicted octanol–water partition coefficient (Wildman–Crippen LogP) is 3.86. The van der Waals surface area contributed by atoms with E-state index in [0.29, 0.717) is 17.7 Å². The fourth-order valence-corrected chi connectivity index (χ4v) is 4.48. The maximum atomic E-state index is 14.4. The molecule has 2 aromatic carbocycles. The molecule has 4 nitrogen and oxygen atoms in total. The number of nitrogens with one attached hydrogen (secondary N) is 1. The van der Waals surface area contributed by atoms with Crippen LogP contribution in [-0.2, 0) is 10.0 Å². The molecule has 0 unspecified atom stereocenters. The predicted molar refractivity (Wildman–Crippen MR) is 90.4 cm³/mol. The number of allylic oxidation sites excluding steroid dienone is 2. The summed E-state index contributed by atoms with van der Waals surface area (Å²) in [4.78, 5) is -0.137. The van der Waals surface area contributed by atoms with Crippen LogP contribution in [0.25, 0.3) is 0 Å². The van der Waals surface area contributed by atoms with Crippen LogP contribution in [0.2, 0.25) is 0 Å². The lowest BCUT2D eigenvalue weighted by molar-refractivity contribution is 0.342. The van der Waals surface area contributed by atoms with Crippen LogP contribution in [0.15, 0.2) is 35.2 Å². The Labute approximate surface area is 156 Å². The number of nitrogens with two attached hydrogens (primary N) is 1. The zero-order chi connectivity index (χ0) is 20.4. The fraction of sp³-hybridized carbons (Fsp3) is 0.222. The number of anilines is 1. The maximum absolute atomic E-state index is 14.4. The fourth-order valence-electron chi connectivity index (χ4n) is 3.93. The van der Waals surface area contributed by atoms with E-state index >= 15 is 0 Å². The molecule has 148 valence electrons. The lowest BCUT2D eigenvalue weighted by Crippen LogP contribution is -2.31. The number of benzene rings is 2. The van der Waals surface area contributed by atoms with E-state index < -0.39 is 62.6 Å². The van der Waals surface area contributed by atoms with Crippen molar-refractivity contribution in [2.24, 2.45) is 11.1 Å². The molecule has 3 N–H and O–H groups in total. The number of halogens is 5. The molecule has 0 fully saturated rings. The van der Waals surface area contributed by atoms with Crippen LogP contribution in [0.1, 0.15) is 29.5 Å². The molecule has 0 amide bonds. The summed E-state index contributed by atoms with van der Waals surface area (Å²) in [5.41, 5.74) is -0.0872. The highest BCUT2D eigenvalue weighted by Gasteiger charge is 2.42. The van der Waals surface area contributed by atoms with Gasteiger partial charge in [0, 0.05) is 11.6 Å². The van der Waals surface area contributed by atoms with Crippen molar-refractivity contribution in [3.63, 3.8) is 0 Å². The van der Waals surface area contributed by atoms with Crippen molar-refractivity contribution in [1.29, 1.82) is 0 Å². The third-order valence-corrected chi connectivity index (χ3v) is 6.13. The van der Waals surface area contributed by atoms with E-state index in [2.05, 4.69) is 5.32 Å². The summed E-state index contributed by atoms with van der Waals surface area (Å²) in [6.45, 7) is 0. The lowest BCUT2D eigenvalue weighted by Gasteiger charge is -2.37. The van der Waals surface area contributed by atoms with E-state index in [1.807, 2.05) is 0 Å². The van der Waals surface area contributed by atoms with Gasteiger partial charge < -0.3 is 5.32 Å². The molecule has 1 aliphatic heterocycles. The minimum absolute atomic E-state index is 0.137. The molecule has 0 saturated carbocycles. The molecular formula is C18H13F5N2O2S. The van der Waals surface area contributed by atoms with Crippen molar-refractivity contribution in [3.8, 4) is 0 Å². The van der Waals surface area contributed by atoms with E-state index in [4.69, 9.17) is 5.14 Å². The van der Waals surface area contributed by atoms with Gasteiger partial charge in [0.25, 0.3) is 0 Å². The SMILES string of the molecule is NS(=O)(=O)c1ccc2c(c1)[C@H]1C=CC[C@H]1[C@@H](c1c(F)c(F)c(F)c(F)c1F)N2. The van der Waals surface area contributed by atoms with Crippen LogP contribution in [0.5, 0.6) is 0 Å². The van der Waals surface area contributed by atoms with Gasteiger partial charge in [0.1, 0.15) is 0 Å². The van der Waals surface area contributed by atoms with Crippen LogP contribution >= 0.6 is 0 Å². The summed E-state index contributed by atoms with van der Waals surface area (Å²) < 4.78 is 92.7. The molecule has 10 heteroatoms. The van der Waals surface area contributed by atoms with Gasteiger partial charge >= 0.3 is 0 Å². The summed E-state index contributed by atoms with van der Waals surface area (Å²) in [6.07, 6.45) is 3.74. The van der Waals surface area contributed by atoms with E-state index in [-0.39, 0.29) is 4.90 Å². The quantitative estimate of drug-likeness (QED) is 0.338. The van der Waals surface area contributed by atoms with Gasteiger partial charge in [-0.25, -0.2) is 35.5 Å². The number of primary sulfonamides is 1. The number of hydrogen-bond acceptors (Lipinski definition) is 3. The Morgan fingerprint density at radius 3 is 2.18 bits per heavy atom. The third-order valence-electron chi connectivity index (χ3n) is 5.22. The smallest absolute Gasteiger partial charge is 0.238 e. The Balaban J connectivity index is 1.88. The molecule has 2 aromatic rings. The number of rotatable bonds is 2. The average Bonchev–Trinajstić information content (AvgIpc) is 3.14. The van der Waals surface area contributed by atoms with Crippen molar-refractivity contribution in [1.82, 2.24) is 0 Å². The first kappa shape index (κ1) is 18.9. The van der Waals surface area contributed by atoms with Crippen LogP contribution in [-0.4, -0.2) is 8.42 Å². The van der Waals surface area contributed by atoms with E-state index in [9.17, 15) is 30.4 Å². The van der Waals surface area contributed by atoms with Gasteiger partial charge in [-0.15, -0.1) is 0 Å². The van der Waals surface area contributed by atoms with Crippen molar-refractivity contribution < 1.29 is 30.4 Å². The lowest BCUT2D eigenvalue weighted by atomic mass is 9.76. The Morgan fingerprint density at radius 2 is 1.57 bits per heavy atom. The third kappa shape index (κ3) is 2.70. The number of sulfonamides is 1. The highest BCUT2D eigenvalue weighted by molar-refractivity contribution is 7.89. The van der Waals surface area contributed by atoms with Crippen molar-refractivity contribution in [2.75, 3.05) is 5.32 Å². The summed E-state index contributed by atoms with van der Waals surface area (Å²) >= 11 is 0. The summed E-state index contributed by atoms with van der Waals surface area (Å²) in [7, 11) is -3.97. The summed E-state index contributed by atoms with van der Waals surface area (Å²) in [5.74, 6) is -11.0. The first-order valence-corrected chi connectivity index (χ1v) is 9.77. The molecule has 2 aliphatic rings. The van der Waals surface area contributed by atoms with Crippen molar-refractivity contribution in [3.05, 3.63) is 70.6 Å². The first-order valence-electron chi connectivity index (χ1n) is 8.22. The van der Waals surface area contributed by atoms with Gasteiger partial charge in [-0.3, -0.25) is 0 Å². The molecule has 3 atom stereocenters. The summed E-state index contributed by atoms with van der Waals surface area (Å²) in [5, 5.41) is 7.96. The normalized spacial score (nSPS) is 23.3. The maximum Gasteiger partial charge on any atom is 0.238 e. The molecule has 0 spiro atoms. The first-order chi connectivity index (χ1) is 13.1. The average molecular weight is 416 g/mol. The largest absolute Gasteiger partial charge is 0.377 e. The Morgan fingerprint density at radius 1 is 0.964 bits per heavy atom. The van der Waals surface area contributed by atoms with Crippen LogP contribution in [0.4, 0.5) is 27.6 Å². The molecule has 0 saturated heterocycles. The Kier molecular flexibility index (Phi) is 4.23. The Bertz CT molecular complexity index is 1100. The molecule has 0 bridgehead atoms. The molecule has 1 aliphatic carbocycles. The molecule has 4 rings (SSSR count). The van der Waals surface area contributed by atoms with Gasteiger partial charge in [-0.1, -0.05) is 12.2 Å². The Hall–Kier alpha value is -2.46. The summed E-state index contributed by atoms with van der Waals surface area (Å²) in [6, 6.07) is 2.71. The van der Waals surface area contributed by atoms with Gasteiger partial charge in [0.2, 0.25) is 15.8 Å².